The molecule has 2 rings (SSSR count). The molecule has 62 valence electrons. The summed E-state index contributed by atoms with van der Waals surface area (Å²) in [6.45, 7) is 2.52. The van der Waals surface area contributed by atoms with Gasteiger partial charge < -0.3 is 4.74 Å². The van der Waals surface area contributed by atoms with Crippen molar-refractivity contribution in [2.24, 2.45) is 5.10 Å². The van der Waals surface area contributed by atoms with Gasteiger partial charge in [0, 0.05) is 5.71 Å². The smallest absolute Gasteiger partial charge is 0.135 e. The number of hydrogen-bond donors (Lipinski definition) is 0. The van der Waals surface area contributed by atoms with Crippen LogP contribution < -0.4 is 0 Å². The van der Waals surface area contributed by atoms with E-state index in [0.29, 0.717) is 6.73 Å². The van der Waals surface area contributed by atoms with Gasteiger partial charge in [0.05, 0.1) is 13.2 Å². The third-order valence-electron chi connectivity index (χ3n) is 2.20. The van der Waals surface area contributed by atoms with Crippen LogP contribution in [0.25, 0.3) is 0 Å². The van der Waals surface area contributed by atoms with Gasteiger partial charge in [-0.2, -0.15) is 5.10 Å². The number of rotatable bonds is 1. The van der Waals surface area contributed by atoms with Crippen molar-refractivity contribution in [3.05, 3.63) is 0 Å². The summed E-state index contributed by atoms with van der Waals surface area (Å²) in [7, 11) is 0. The fraction of sp³-hybridized carbons (Fsp3) is 0.875. The minimum Gasteiger partial charge on any atom is -0.358 e. The lowest BCUT2D eigenvalue weighted by atomic mass is 10.3. The van der Waals surface area contributed by atoms with Crippen LogP contribution in [0.15, 0.2) is 5.10 Å². The normalized spacial score (nSPS) is 24.7. The Kier molecular flexibility index (Phi) is 2.08. The molecule has 0 aromatic rings. The molecule has 1 heterocycles. The monoisotopic (exact) mass is 154 g/mol. The third kappa shape index (κ3) is 1.71. The van der Waals surface area contributed by atoms with Crippen molar-refractivity contribution >= 4 is 5.71 Å². The van der Waals surface area contributed by atoms with Crippen molar-refractivity contribution in [3.8, 4) is 0 Å². The summed E-state index contributed by atoms with van der Waals surface area (Å²) in [5, 5.41) is 6.53. The maximum absolute atomic E-state index is 5.19. The number of hydrogen-bond acceptors (Lipinski definition) is 3. The molecule has 0 radical (unpaired) electrons. The fourth-order valence-electron chi connectivity index (χ4n) is 1.57. The van der Waals surface area contributed by atoms with Gasteiger partial charge in [0.2, 0.25) is 0 Å². The van der Waals surface area contributed by atoms with E-state index in [4.69, 9.17) is 4.74 Å². The number of nitrogens with zero attached hydrogens (tertiary/aromatic N) is 2. The van der Waals surface area contributed by atoms with Crippen molar-refractivity contribution in [3.63, 3.8) is 0 Å². The Balaban J connectivity index is 1.89. The second kappa shape index (κ2) is 3.22. The molecule has 1 aliphatic carbocycles. The minimum atomic E-state index is 0.698. The van der Waals surface area contributed by atoms with Crippen LogP contribution in [0.1, 0.15) is 25.7 Å². The van der Waals surface area contributed by atoms with E-state index in [1.807, 2.05) is 5.01 Å². The Labute approximate surface area is 67.0 Å². The van der Waals surface area contributed by atoms with E-state index < -0.39 is 0 Å². The van der Waals surface area contributed by atoms with Crippen LogP contribution in [-0.2, 0) is 4.74 Å². The second-order valence-electron chi connectivity index (χ2n) is 3.14. The highest BCUT2D eigenvalue weighted by Gasteiger charge is 2.13. The van der Waals surface area contributed by atoms with E-state index >= 15 is 0 Å². The molecule has 0 aromatic heterocycles. The molecule has 3 nitrogen and oxygen atoms in total. The zero-order valence-electron chi connectivity index (χ0n) is 6.75. The first-order valence-electron chi connectivity index (χ1n) is 4.34. The molecule has 0 amide bonds. The van der Waals surface area contributed by atoms with Gasteiger partial charge in [-0.05, 0) is 25.7 Å². The molecule has 0 atom stereocenters. The molecular weight excluding hydrogens is 140 g/mol. The molecule has 0 unspecified atom stereocenters. The zero-order chi connectivity index (χ0) is 7.52. The first-order valence-corrected chi connectivity index (χ1v) is 4.34. The van der Waals surface area contributed by atoms with Gasteiger partial charge in [0.25, 0.3) is 0 Å². The van der Waals surface area contributed by atoms with Crippen LogP contribution in [0, 0.1) is 0 Å². The Morgan fingerprint density at radius 3 is 2.73 bits per heavy atom. The number of hydrazone groups is 1. The lowest BCUT2D eigenvalue weighted by Crippen LogP contribution is -2.14. The first-order chi connectivity index (χ1) is 5.45. The summed E-state index contributed by atoms with van der Waals surface area (Å²) in [6.07, 6.45) is 5.06. The van der Waals surface area contributed by atoms with E-state index in [9.17, 15) is 0 Å². The van der Waals surface area contributed by atoms with Gasteiger partial charge in [0.1, 0.15) is 6.73 Å². The highest BCUT2D eigenvalue weighted by Crippen LogP contribution is 2.15. The van der Waals surface area contributed by atoms with Crippen molar-refractivity contribution in [2.45, 2.75) is 25.7 Å². The van der Waals surface area contributed by atoms with Crippen LogP contribution in [0.4, 0.5) is 0 Å². The van der Waals surface area contributed by atoms with E-state index in [2.05, 4.69) is 5.10 Å². The Morgan fingerprint density at radius 2 is 2.09 bits per heavy atom. The third-order valence-corrected chi connectivity index (χ3v) is 2.20. The van der Waals surface area contributed by atoms with E-state index in [-0.39, 0.29) is 0 Å². The zero-order valence-corrected chi connectivity index (χ0v) is 6.75. The Bertz CT molecular complexity index is 153. The van der Waals surface area contributed by atoms with Gasteiger partial charge in [-0.25, -0.2) is 0 Å². The first kappa shape index (κ1) is 7.10. The Hall–Kier alpha value is -0.570. The summed E-state index contributed by atoms with van der Waals surface area (Å²) >= 11 is 0. The van der Waals surface area contributed by atoms with E-state index in [0.717, 1.165) is 13.2 Å². The molecule has 2 aliphatic rings. The van der Waals surface area contributed by atoms with Crippen molar-refractivity contribution in [2.75, 3.05) is 19.9 Å². The summed E-state index contributed by atoms with van der Waals surface area (Å²) < 4.78 is 5.19. The average molecular weight is 154 g/mol. The quantitative estimate of drug-likeness (QED) is 0.567. The topological polar surface area (TPSA) is 24.8 Å². The molecule has 3 heteroatoms. The second-order valence-corrected chi connectivity index (χ2v) is 3.14. The molecule has 1 aliphatic heterocycles. The maximum atomic E-state index is 5.19. The minimum absolute atomic E-state index is 0.698. The van der Waals surface area contributed by atoms with Crippen LogP contribution in [0.5, 0.6) is 0 Å². The molecule has 1 saturated heterocycles. The molecule has 0 spiro atoms. The molecule has 2 fully saturated rings. The van der Waals surface area contributed by atoms with Crippen molar-refractivity contribution < 1.29 is 4.74 Å². The summed E-state index contributed by atoms with van der Waals surface area (Å²) in [5.74, 6) is 0. The predicted molar refractivity (Wildman–Crippen MR) is 43.4 cm³/mol. The highest BCUT2D eigenvalue weighted by molar-refractivity contribution is 5.85. The van der Waals surface area contributed by atoms with Crippen LogP contribution in [0.2, 0.25) is 0 Å². The van der Waals surface area contributed by atoms with Crippen LogP contribution in [-0.4, -0.2) is 30.6 Å². The maximum Gasteiger partial charge on any atom is 0.135 e. The molecule has 1 saturated carbocycles. The van der Waals surface area contributed by atoms with Gasteiger partial charge in [-0.15, -0.1) is 0 Å². The van der Waals surface area contributed by atoms with Crippen LogP contribution in [0.3, 0.4) is 0 Å². The molecular formula is C8H14N2O. The SMILES string of the molecule is C1CCC(=NN2CCOC2)C1. The summed E-state index contributed by atoms with van der Waals surface area (Å²) in [4.78, 5) is 0. The highest BCUT2D eigenvalue weighted by atomic mass is 16.5. The average Bonchev–Trinajstić information content (AvgIpc) is 2.60. The lowest BCUT2D eigenvalue weighted by Gasteiger charge is -2.08. The molecule has 0 bridgehead atoms. The van der Waals surface area contributed by atoms with Gasteiger partial charge in [-0.3, -0.25) is 5.01 Å². The van der Waals surface area contributed by atoms with Crippen molar-refractivity contribution in [1.29, 1.82) is 0 Å². The van der Waals surface area contributed by atoms with E-state index in [1.165, 1.54) is 31.4 Å². The van der Waals surface area contributed by atoms with Gasteiger partial charge in [-0.1, -0.05) is 0 Å². The molecule has 11 heavy (non-hydrogen) atoms. The van der Waals surface area contributed by atoms with Crippen LogP contribution >= 0.6 is 0 Å². The standard InChI is InChI=1S/C8H14N2O/c1-2-4-8(3-1)9-10-5-6-11-7-10/h1-7H2. The largest absolute Gasteiger partial charge is 0.358 e. The van der Waals surface area contributed by atoms with Gasteiger partial charge >= 0.3 is 0 Å². The fourth-order valence-corrected chi connectivity index (χ4v) is 1.57. The van der Waals surface area contributed by atoms with Gasteiger partial charge in [0.15, 0.2) is 0 Å². The summed E-state index contributed by atoms with van der Waals surface area (Å²) in [5.41, 5.74) is 1.37. The Morgan fingerprint density at radius 1 is 1.27 bits per heavy atom. The molecule has 0 aromatic carbocycles. The van der Waals surface area contributed by atoms with E-state index in [1.54, 1.807) is 0 Å². The predicted octanol–water partition coefficient (Wildman–Crippen LogP) is 1.21. The summed E-state index contributed by atoms with van der Waals surface area (Å²) in [6, 6.07) is 0. The van der Waals surface area contributed by atoms with Crippen molar-refractivity contribution in [1.82, 2.24) is 5.01 Å². The number of ether oxygens (including phenoxy) is 1. The molecule has 0 N–H and O–H groups in total. The lowest BCUT2D eigenvalue weighted by molar-refractivity contribution is 0.143.